The molecule has 1 aliphatic carbocycles. The summed E-state index contributed by atoms with van der Waals surface area (Å²) in [6.45, 7) is 0.912. The van der Waals surface area contributed by atoms with Crippen molar-refractivity contribution in [3.63, 3.8) is 0 Å². The second-order valence-corrected chi connectivity index (χ2v) is 5.89. The highest BCUT2D eigenvalue weighted by atomic mass is 79.9. The molecule has 5 heteroatoms. The number of thiophene rings is 1. The van der Waals surface area contributed by atoms with Gasteiger partial charge in [-0.1, -0.05) is 0 Å². The summed E-state index contributed by atoms with van der Waals surface area (Å²) in [7, 11) is 0. The minimum absolute atomic E-state index is 0.621. The standard InChI is InChI=1S/C12H12BrN3S/c13-10-5-14-12(15-6-10)16(11-1-2-11)7-9-3-4-17-8-9/h3-6,8,11H,1-2,7H2. The SMILES string of the molecule is Brc1cnc(N(Cc2ccsc2)C2CC2)nc1. The monoisotopic (exact) mass is 309 g/mol. The molecule has 0 bridgehead atoms. The first-order valence-electron chi connectivity index (χ1n) is 5.58. The summed E-state index contributed by atoms with van der Waals surface area (Å²) in [6, 6.07) is 2.79. The molecular weight excluding hydrogens is 298 g/mol. The maximum atomic E-state index is 4.39. The maximum absolute atomic E-state index is 4.39. The van der Waals surface area contributed by atoms with Gasteiger partial charge >= 0.3 is 0 Å². The fourth-order valence-corrected chi connectivity index (χ4v) is 2.65. The lowest BCUT2D eigenvalue weighted by atomic mass is 10.3. The Labute approximate surface area is 113 Å². The Morgan fingerprint density at radius 1 is 1.35 bits per heavy atom. The highest BCUT2D eigenvalue weighted by molar-refractivity contribution is 9.10. The largest absolute Gasteiger partial charge is 0.333 e. The van der Waals surface area contributed by atoms with Crippen molar-refractivity contribution in [2.45, 2.75) is 25.4 Å². The van der Waals surface area contributed by atoms with E-state index < -0.39 is 0 Å². The van der Waals surface area contributed by atoms with Crippen LogP contribution >= 0.6 is 27.3 Å². The van der Waals surface area contributed by atoms with Crippen molar-refractivity contribution >= 4 is 33.2 Å². The Kier molecular flexibility index (Phi) is 3.11. The molecule has 88 valence electrons. The van der Waals surface area contributed by atoms with Gasteiger partial charge in [-0.2, -0.15) is 11.3 Å². The Balaban J connectivity index is 1.82. The van der Waals surface area contributed by atoms with Crippen molar-refractivity contribution in [3.8, 4) is 0 Å². The average Bonchev–Trinajstić information content (AvgIpc) is 3.05. The molecule has 2 aromatic rings. The van der Waals surface area contributed by atoms with Crippen LogP contribution in [0.1, 0.15) is 18.4 Å². The minimum Gasteiger partial charge on any atom is -0.333 e. The molecule has 0 aliphatic heterocycles. The Morgan fingerprint density at radius 2 is 2.12 bits per heavy atom. The van der Waals surface area contributed by atoms with E-state index in [1.54, 1.807) is 11.3 Å². The third kappa shape index (κ3) is 2.66. The normalized spacial score (nSPS) is 14.9. The van der Waals surface area contributed by atoms with Crippen LogP contribution in [0.15, 0.2) is 33.7 Å². The van der Waals surface area contributed by atoms with Gasteiger partial charge in [0.2, 0.25) is 5.95 Å². The summed E-state index contributed by atoms with van der Waals surface area (Å²) < 4.78 is 0.924. The Morgan fingerprint density at radius 3 is 2.71 bits per heavy atom. The van der Waals surface area contributed by atoms with Crippen molar-refractivity contribution in [2.75, 3.05) is 4.90 Å². The summed E-state index contributed by atoms with van der Waals surface area (Å²) in [5.41, 5.74) is 1.34. The van der Waals surface area contributed by atoms with Crippen LogP contribution in [0.25, 0.3) is 0 Å². The van der Waals surface area contributed by atoms with E-state index in [0.29, 0.717) is 6.04 Å². The highest BCUT2D eigenvalue weighted by Crippen LogP contribution is 2.31. The topological polar surface area (TPSA) is 29.0 Å². The first-order valence-corrected chi connectivity index (χ1v) is 7.32. The van der Waals surface area contributed by atoms with Crippen molar-refractivity contribution < 1.29 is 0 Å². The molecule has 1 aliphatic rings. The predicted molar refractivity (Wildman–Crippen MR) is 73.3 cm³/mol. The van der Waals surface area contributed by atoms with Crippen molar-refractivity contribution in [3.05, 3.63) is 39.3 Å². The molecule has 3 rings (SSSR count). The number of nitrogens with zero attached hydrogens (tertiary/aromatic N) is 3. The molecule has 0 amide bonds. The molecule has 2 aromatic heterocycles. The Bertz CT molecular complexity index is 479. The van der Waals surface area contributed by atoms with E-state index in [1.807, 2.05) is 12.4 Å². The summed E-state index contributed by atoms with van der Waals surface area (Å²) in [5.74, 6) is 0.835. The molecule has 1 fully saturated rings. The predicted octanol–water partition coefficient (Wildman–Crippen LogP) is 3.47. The lowest BCUT2D eigenvalue weighted by molar-refractivity contribution is 0.759. The summed E-state index contributed by atoms with van der Waals surface area (Å²) in [5, 5.41) is 4.30. The average molecular weight is 310 g/mol. The molecule has 3 nitrogen and oxygen atoms in total. The zero-order valence-electron chi connectivity index (χ0n) is 9.21. The molecule has 0 radical (unpaired) electrons. The smallest absolute Gasteiger partial charge is 0.225 e. The molecular formula is C12H12BrN3S. The van der Waals surface area contributed by atoms with Crippen LogP contribution < -0.4 is 4.90 Å². The zero-order valence-corrected chi connectivity index (χ0v) is 11.6. The molecule has 0 atom stereocenters. The van der Waals surface area contributed by atoms with E-state index in [1.165, 1.54) is 18.4 Å². The summed E-state index contributed by atoms with van der Waals surface area (Å²) in [6.07, 6.45) is 6.13. The molecule has 0 N–H and O–H groups in total. The van der Waals surface area contributed by atoms with Crippen LogP contribution in [0.5, 0.6) is 0 Å². The number of halogens is 1. The minimum atomic E-state index is 0.621. The maximum Gasteiger partial charge on any atom is 0.225 e. The van der Waals surface area contributed by atoms with Gasteiger partial charge in [-0.15, -0.1) is 0 Å². The Hall–Kier alpha value is -0.940. The van der Waals surface area contributed by atoms with E-state index in [9.17, 15) is 0 Å². The molecule has 0 unspecified atom stereocenters. The molecule has 1 saturated carbocycles. The highest BCUT2D eigenvalue weighted by Gasteiger charge is 2.30. The first kappa shape index (κ1) is 11.2. The van der Waals surface area contributed by atoms with E-state index in [-0.39, 0.29) is 0 Å². The molecule has 17 heavy (non-hydrogen) atoms. The number of anilines is 1. The van der Waals surface area contributed by atoms with E-state index in [4.69, 9.17) is 0 Å². The molecule has 0 spiro atoms. The third-order valence-corrected chi connectivity index (χ3v) is 3.93. The van der Waals surface area contributed by atoms with Crippen LogP contribution in [-0.2, 0) is 6.54 Å². The van der Waals surface area contributed by atoms with Gasteiger partial charge in [-0.05, 0) is 51.2 Å². The van der Waals surface area contributed by atoms with Gasteiger partial charge in [0.1, 0.15) is 0 Å². The fraction of sp³-hybridized carbons (Fsp3) is 0.333. The lowest BCUT2D eigenvalue weighted by Crippen LogP contribution is -2.26. The quantitative estimate of drug-likeness (QED) is 0.866. The van der Waals surface area contributed by atoms with E-state index in [2.05, 4.69) is 47.6 Å². The number of aromatic nitrogens is 2. The van der Waals surface area contributed by atoms with Gasteiger partial charge in [0.05, 0.1) is 4.47 Å². The van der Waals surface area contributed by atoms with Gasteiger partial charge in [-0.3, -0.25) is 0 Å². The molecule has 0 saturated heterocycles. The fourth-order valence-electron chi connectivity index (χ4n) is 1.78. The summed E-state index contributed by atoms with van der Waals surface area (Å²) >= 11 is 5.10. The number of hydrogen-bond donors (Lipinski definition) is 0. The zero-order chi connectivity index (χ0) is 11.7. The van der Waals surface area contributed by atoms with Gasteiger partial charge in [0, 0.05) is 25.0 Å². The second-order valence-electron chi connectivity index (χ2n) is 4.19. The summed E-state index contributed by atoms with van der Waals surface area (Å²) in [4.78, 5) is 11.1. The van der Waals surface area contributed by atoms with E-state index in [0.717, 1.165) is 17.0 Å². The van der Waals surface area contributed by atoms with Gasteiger partial charge < -0.3 is 4.90 Å². The van der Waals surface area contributed by atoms with E-state index >= 15 is 0 Å². The van der Waals surface area contributed by atoms with Crippen LogP contribution in [0.4, 0.5) is 5.95 Å². The van der Waals surface area contributed by atoms with Gasteiger partial charge in [0.25, 0.3) is 0 Å². The van der Waals surface area contributed by atoms with Gasteiger partial charge in [0.15, 0.2) is 0 Å². The van der Waals surface area contributed by atoms with Crippen molar-refractivity contribution in [2.24, 2.45) is 0 Å². The van der Waals surface area contributed by atoms with Crippen LogP contribution in [0, 0.1) is 0 Å². The van der Waals surface area contributed by atoms with Gasteiger partial charge in [-0.25, -0.2) is 9.97 Å². The lowest BCUT2D eigenvalue weighted by Gasteiger charge is -2.21. The van der Waals surface area contributed by atoms with Crippen LogP contribution in [0.2, 0.25) is 0 Å². The molecule has 0 aromatic carbocycles. The van der Waals surface area contributed by atoms with Crippen molar-refractivity contribution in [1.82, 2.24) is 9.97 Å². The second kappa shape index (κ2) is 4.74. The third-order valence-electron chi connectivity index (χ3n) is 2.78. The molecule has 2 heterocycles. The van der Waals surface area contributed by atoms with Crippen LogP contribution in [0.3, 0.4) is 0 Å². The van der Waals surface area contributed by atoms with Crippen LogP contribution in [-0.4, -0.2) is 16.0 Å². The van der Waals surface area contributed by atoms with Crippen molar-refractivity contribution in [1.29, 1.82) is 0 Å². The number of hydrogen-bond acceptors (Lipinski definition) is 4. The number of rotatable bonds is 4. The first-order chi connectivity index (χ1) is 8.33.